The summed E-state index contributed by atoms with van der Waals surface area (Å²) < 4.78 is 0. The second-order valence-corrected chi connectivity index (χ2v) is 12.4. The predicted octanol–water partition coefficient (Wildman–Crippen LogP) is 5.40. The van der Waals surface area contributed by atoms with E-state index in [4.69, 9.17) is 4.84 Å². The molecule has 0 saturated carbocycles. The maximum absolute atomic E-state index is 13.7. The lowest BCUT2D eigenvalue weighted by atomic mass is 9.78. The lowest BCUT2D eigenvalue weighted by Crippen LogP contribution is -2.63. The van der Waals surface area contributed by atoms with E-state index in [2.05, 4.69) is 46.9 Å². The summed E-state index contributed by atoms with van der Waals surface area (Å²) in [5.74, 6) is 0.0578. The molecule has 2 amide bonds. The van der Waals surface area contributed by atoms with Crippen molar-refractivity contribution in [1.29, 1.82) is 0 Å². The predicted molar refractivity (Wildman–Crippen MR) is 142 cm³/mol. The number of nitrogens with one attached hydrogen (secondary N) is 1. The zero-order valence-corrected chi connectivity index (χ0v) is 23.0. The van der Waals surface area contributed by atoms with Gasteiger partial charge in [-0.15, -0.1) is 0 Å². The molecule has 2 N–H and O–H groups in total. The van der Waals surface area contributed by atoms with Gasteiger partial charge in [0.1, 0.15) is 24.4 Å². The molecular weight excluding hydrogens is 452 g/mol. The Morgan fingerprint density at radius 2 is 1.50 bits per heavy atom. The summed E-state index contributed by atoms with van der Waals surface area (Å²) in [6, 6.07) is 12.1. The van der Waals surface area contributed by atoms with Crippen LogP contribution in [-0.2, 0) is 38.3 Å². The summed E-state index contributed by atoms with van der Waals surface area (Å²) in [6.07, 6.45) is 0.831. The van der Waals surface area contributed by atoms with Crippen LogP contribution in [0, 0.1) is 5.92 Å². The van der Waals surface area contributed by atoms with Crippen LogP contribution >= 0.6 is 0 Å². The van der Waals surface area contributed by atoms with Crippen molar-refractivity contribution in [1.82, 2.24) is 10.4 Å². The molecule has 2 unspecified atom stereocenters. The zero-order valence-electron chi connectivity index (χ0n) is 23.0. The number of phenolic OH excluding ortho intramolecular Hbond substituents is 1. The van der Waals surface area contributed by atoms with Crippen molar-refractivity contribution in [2.24, 2.45) is 5.92 Å². The quantitative estimate of drug-likeness (QED) is 0.540. The third-order valence-corrected chi connectivity index (χ3v) is 6.55. The Labute approximate surface area is 216 Å². The molecule has 2 atom stereocenters. The number of benzene rings is 2. The molecule has 36 heavy (non-hydrogen) atoms. The normalized spacial score (nSPS) is 19.1. The van der Waals surface area contributed by atoms with Crippen molar-refractivity contribution in [2.45, 2.75) is 97.8 Å². The SMILES string of the molecule is CC(C)CC1C(=O)NC(Cc2cc(C(C)(C)C)c(O)c(C(C)(C)C)c2)C(=O)N1OCc1ccccc1. The fraction of sp³-hybridized carbons (Fsp3) is 0.533. The van der Waals surface area contributed by atoms with Gasteiger partial charge in [0.25, 0.3) is 5.91 Å². The van der Waals surface area contributed by atoms with Crippen LogP contribution < -0.4 is 5.32 Å². The fourth-order valence-corrected chi connectivity index (χ4v) is 4.59. The van der Waals surface area contributed by atoms with Crippen LogP contribution in [0.2, 0.25) is 0 Å². The van der Waals surface area contributed by atoms with Crippen LogP contribution in [-0.4, -0.2) is 34.1 Å². The Morgan fingerprint density at radius 1 is 0.944 bits per heavy atom. The molecule has 3 rings (SSSR count). The molecule has 0 spiro atoms. The summed E-state index contributed by atoms with van der Waals surface area (Å²) in [4.78, 5) is 32.8. The second kappa shape index (κ2) is 10.6. The maximum Gasteiger partial charge on any atom is 0.269 e. The van der Waals surface area contributed by atoms with Gasteiger partial charge in [0, 0.05) is 6.42 Å². The molecule has 1 saturated heterocycles. The monoisotopic (exact) mass is 494 g/mol. The van der Waals surface area contributed by atoms with E-state index in [1.807, 2.05) is 56.3 Å². The number of hydroxylamine groups is 2. The van der Waals surface area contributed by atoms with Crippen LogP contribution in [0.4, 0.5) is 0 Å². The Balaban J connectivity index is 1.93. The number of carbonyl (C=O) groups is 2. The number of aromatic hydroxyl groups is 1. The number of phenols is 1. The van der Waals surface area contributed by atoms with E-state index in [-0.39, 0.29) is 35.2 Å². The molecule has 1 aliphatic heterocycles. The molecule has 2 aromatic rings. The molecule has 0 aliphatic carbocycles. The second-order valence-electron chi connectivity index (χ2n) is 12.4. The number of nitrogens with zero attached hydrogens (tertiary/aromatic N) is 1. The number of carbonyl (C=O) groups excluding carboxylic acids is 2. The highest BCUT2D eigenvalue weighted by atomic mass is 16.7. The topological polar surface area (TPSA) is 78.9 Å². The minimum Gasteiger partial charge on any atom is -0.507 e. The van der Waals surface area contributed by atoms with Crippen LogP contribution in [0.15, 0.2) is 42.5 Å². The van der Waals surface area contributed by atoms with Crippen molar-refractivity contribution in [3.63, 3.8) is 0 Å². The Morgan fingerprint density at radius 3 is 2.00 bits per heavy atom. The fourth-order valence-electron chi connectivity index (χ4n) is 4.59. The molecule has 2 aromatic carbocycles. The van der Waals surface area contributed by atoms with Crippen molar-refractivity contribution in [2.75, 3.05) is 0 Å². The smallest absolute Gasteiger partial charge is 0.269 e. The van der Waals surface area contributed by atoms with Gasteiger partial charge in [-0.1, -0.05) is 97.9 Å². The summed E-state index contributed by atoms with van der Waals surface area (Å²) in [7, 11) is 0. The van der Waals surface area contributed by atoms with Crippen LogP contribution in [0.5, 0.6) is 5.75 Å². The zero-order chi connectivity index (χ0) is 26.8. The lowest BCUT2D eigenvalue weighted by molar-refractivity contribution is -0.216. The minimum absolute atomic E-state index is 0.202. The van der Waals surface area contributed by atoms with E-state index in [1.165, 1.54) is 5.06 Å². The van der Waals surface area contributed by atoms with Crippen molar-refractivity contribution < 1.29 is 19.5 Å². The highest BCUT2D eigenvalue weighted by Crippen LogP contribution is 2.40. The molecule has 196 valence electrons. The molecule has 6 nitrogen and oxygen atoms in total. The third kappa shape index (κ3) is 6.47. The van der Waals surface area contributed by atoms with E-state index in [0.717, 1.165) is 22.3 Å². The molecule has 0 aromatic heterocycles. The third-order valence-electron chi connectivity index (χ3n) is 6.55. The number of hydrogen-bond acceptors (Lipinski definition) is 4. The van der Waals surface area contributed by atoms with E-state index < -0.39 is 12.1 Å². The van der Waals surface area contributed by atoms with Gasteiger partial charge < -0.3 is 10.4 Å². The van der Waals surface area contributed by atoms with Gasteiger partial charge in [-0.05, 0) is 45.4 Å². The number of piperazine rings is 1. The van der Waals surface area contributed by atoms with Crippen LogP contribution in [0.1, 0.15) is 84.1 Å². The number of rotatable bonds is 7. The first-order valence-electron chi connectivity index (χ1n) is 12.9. The standard InChI is InChI=1S/C30H42N2O4/c1-19(2)14-25-27(34)31-24(28(35)32(25)36-18-20-12-10-9-11-13-20)17-21-15-22(29(3,4)5)26(33)23(16-21)30(6,7)8/h9-13,15-16,19,24-25,33H,14,17-18H2,1-8H3,(H,31,34). The summed E-state index contributed by atoms with van der Waals surface area (Å²) >= 11 is 0. The Hall–Kier alpha value is -2.86. The molecule has 6 heteroatoms. The van der Waals surface area contributed by atoms with E-state index in [9.17, 15) is 14.7 Å². The Bertz CT molecular complexity index is 1050. The molecule has 1 fully saturated rings. The Kier molecular flexibility index (Phi) is 8.19. The van der Waals surface area contributed by atoms with Gasteiger partial charge in [-0.2, -0.15) is 0 Å². The van der Waals surface area contributed by atoms with Gasteiger partial charge >= 0.3 is 0 Å². The molecule has 1 aliphatic rings. The van der Waals surface area contributed by atoms with E-state index >= 15 is 0 Å². The van der Waals surface area contributed by atoms with Crippen molar-refractivity contribution >= 4 is 11.8 Å². The van der Waals surface area contributed by atoms with Crippen molar-refractivity contribution in [3.05, 3.63) is 64.7 Å². The highest BCUT2D eigenvalue weighted by molar-refractivity contribution is 5.96. The highest BCUT2D eigenvalue weighted by Gasteiger charge is 2.42. The van der Waals surface area contributed by atoms with Crippen LogP contribution in [0.3, 0.4) is 0 Å². The van der Waals surface area contributed by atoms with Crippen LogP contribution in [0.25, 0.3) is 0 Å². The minimum atomic E-state index is -0.748. The van der Waals surface area contributed by atoms with Crippen molar-refractivity contribution in [3.8, 4) is 5.75 Å². The van der Waals surface area contributed by atoms with E-state index in [1.54, 1.807) is 0 Å². The molecule has 1 heterocycles. The first-order valence-corrected chi connectivity index (χ1v) is 12.9. The van der Waals surface area contributed by atoms with Gasteiger partial charge in [0.2, 0.25) is 5.91 Å². The first-order chi connectivity index (χ1) is 16.7. The largest absolute Gasteiger partial charge is 0.507 e. The van der Waals surface area contributed by atoms with Gasteiger partial charge in [0.15, 0.2) is 0 Å². The lowest BCUT2D eigenvalue weighted by Gasteiger charge is -2.38. The number of amides is 2. The summed E-state index contributed by atoms with van der Waals surface area (Å²) in [6.45, 7) is 16.6. The molecular formula is C30H42N2O4. The van der Waals surface area contributed by atoms with Gasteiger partial charge in [-0.3, -0.25) is 14.4 Å². The average molecular weight is 495 g/mol. The van der Waals surface area contributed by atoms with E-state index in [0.29, 0.717) is 18.6 Å². The summed E-state index contributed by atoms with van der Waals surface area (Å²) in [5.41, 5.74) is 2.91. The average Bonchev–Trinajstić information content (AvgIpc) is 2.76. The maximum atomic E-state index is 13.7. The van der Waals surface area contributed by atoms with Gasteiger partial charge in [-0.25, -0.2) is 5.06 Å². The molecule has 0 radical (unpaired) electrons. The van der Waals surface area contributed by atoms with Gasteiger partial charge in [0.05, 0.1) is 0 Å². The first kappa shape index (κ1) is 27.7. The molecule has 0 bridgehead atoms. The number of hydrogen-bond donors (Lipinski definition) is 2. The summed E-state index contributed by atoms with van der Waals surface area (Å²) in [5, 5.41) is 15.3.